The lowest BCUT2D eigenvalue weighted by molar-refractivity contribution is 0.186. The van der Waals surface area contributed by atoms with Gasteiger partial charge in [0.2, 0.25) is 0 Å². The number of hydrogen-bond donors (Lipinski definition) is 0. The molecule has 0 amide bonds. The van der Waals surface area contributed by atoms with Crippen LogP contribution in [0.1, 0.15) is 43.6 Å². The minimum atomic E-state index is 0.536. The average Bonchev–Trinajstić information content (AvgIpc) is 3.43. The van der Waals surface area contributed by atoms with Gasteiger partial charge in [-0.05, 0) is 83.3 Å². The second-order valence-electron chi connectivity index (χ2n) is 12.1. The van der Waals surface area contributed by atoms with Gasteiger partial charge in [-0.3, -0.25) is 9.47 Å². The summed E-state index contributed by atoms with van der Waals surface area (Å²) in [5.74, 6) is 2.58. The minimum absolute atomic E-state index is 0.536. The predicted octanol–water partition coefficient (Wildman–Crippen LogP) is 7.22. The molecule has 228 valence electrons. The summed E-state index contributed by atoms with van der Waals surface area (Å²) in [6.07, 6.45) is 2.26. The number of hydrogen-bond acceptors (Lipinski definition) is 6. The monoisotopic (exact) mass is 587 g/mol. The van der Waals surface area contributed by atoms with E-state index in [1.807, 2.05) is 19.1 Å². The Morgan fingerprint density at radius 2 is 1.57 bits per heavy atom. The van der Waals surface area contributed by atoms with Gasteiger partial charge in [-0.15, -0.1) is 0 Å². The quantitative estimate of drug-likeness (QED) is 0.161. The Kier molecular flexibility index (Phi) is 8.94. The zero-order valence-electron chi connectivity index (χ0n) is 26.9. The zero-order valence-corrected chi connectivity index (χ0v) is 26.9. The Balaban J connectivity index is 1.17. The number of aryl methyl sites for hydroxylation is 2. The molecule has 5 aromatic rings. The molecular weight excluding hydrogens is 542 g/mol. The molecule has 1 unspecified atom stereocenters. The Morgan fingerprint density at radius 1 is 0.818 bits per heavy atom. The average molecular weight is 588 g/mol. The summed E-state index contributed by atoms with van der Waals surface area (Å²) < 4.78 is 2.18. The van der Waals surface area contributed by atoms with Crippen LogP contribution in [0, 0.1) is 20.8 Å². The summed E-state index contributed by atoms with van der Waals surface area (Å²) >= 11 is 0. The van der Waals surface area contributed by atoms with Crippen molar-refractivity contribution in [3.05, 3.63) is 95.8 Å². The molecule has 1 aliphatic rings. The van der Waals surface area contributed by atoms with Crippen LogP contribution in [0.5, 0.6) is 0 Å². The third-order valence-electron chi connectivity index (χ3n) is 9.13. The molecule has 0 N–H and O–H groups in total. The van der Waals surface area contributed by atoms with Crippen molar-refractivity contribution >= 4 is 22.7 Å². The van der Waals surface area contributed by atoms with Gasteiger partial charge in [-0.1, -0.05) is 60.7 Å². The van der Waals surface area contributed by atoms with Crippen molar-refractivity contribution in [2.45, 2.75) is 53.5 Å². The third-order valence-corrected chi connectivity index (χ3v) is 9.13. The van der Waals surface area contributed by atoms with E-state index in [2.05, 4.69) is 114 Å². The largest absolute Gasteiger partial charge is 0.368 e. The smallest absolute Gasteiger partial charge is 0.170 e. The number of benzene rings is 3. The lowest BCUT2D eigenvalue weighted by Crippen LogP contribution is -2.52. The fraction of sp³-hybridized carbons (Fsp3) is 0.378. The molecule has 6 rings (SSSR count). The number of para-hydroxylation sites is 1. The molecule has 1 saturated heterocycles. The van der Waals surface area contributed by atoms with Crippen molar-refractivity contribution in [3.63, 3.8) is 0 Å². The van der Waals surface area contributed by atoms with Crippen LogP contribution in [0.4, 0.5) is 11.5 Å². The summed E-state index contributed by atoms with van der Waals surface area (Å²) in [5.41, 5.74) is 8.00. The minimum Gasteiger partial charge on any atom is -0.368 e. The molecular formula is C37H45N7. The standard InChI is InChI=1S/C37H45N7/c1-6-41(22-13-14-23-42-24-25-43(26-28(42)3)33-21-15-16-27(2)29(33)4)36-34-37(39-30(5)38-36)44(32-19-11-8-12-20-32)35(40-34)31-17-9-7-10-18-31/h7-12,15-21,28H,6,13-14,22-26H2,1-5H3. The van der Waals surface area contributed by atoms with Gasteiger partial charge in [-0.25, -0.2) is 15.0 Å². The summed E-state index contributed by atoms with van der Waals surface area (Å²) in [4.78, 5) is 22.7. The van der Waals surface area contributed by atoms with Gasteiger partial charge in [0.05, 0.1) is 0 Å². The van der Waals surface area contributed by atoms with Gasteiger partial charge in [0.15, 0.2) is 17.0 Å². The van der Waals surface area contributed by atoms with Gasteiger partial charge in [-0.2, -0.15) is 0 Å². The van der Waals surface area contributed by atoms with Gasteiger partial charge in [0.1, 0.15) is 11.6 Å². The number of rotatable bonds is 10. The highest BCUT2D eigenvalue weighted by atomic mass is 15.3. The highest BCUT2D eigenvalue weighted by Gasteiger charge is 2.25. The number of unbranched alkanes of at least 4 members (excludes halogenated alkanes) is 1. The van der Waals surface area contributed by atoms with E-state index < -0.39 is 0 Å². The van der Waals surface area contributed by atoms with E-state index in [1.54, 1.807) is 0 Å². The number of piperazine rings is 1. The van der Waals surface area contributed by atoms with Crippen molar-refractivity contribution in [1.82, 2.24) is 24.4 Å². The van der Waals surface area contributed by atoms with Gasteiger partial charge in [0.25, 0.3) is 0 Å². The Hall–Kier alpha value is -4.23. The van der Waals surface area contributed by atoms with E-state index >= 15 is 0 Å². The van der Waals surface area contributed by atoms with E-state index in [0.29, 0.717) is 6.04 Å². The molecule has 7 nitrogen and oxygen atoms in total. The molecule has 1 aliphatic heterocycles. The Labute approximate surface area is 262 Å². The fourth-order valence-corrected chi connectivity index (χ4v) is 6.53. The van der Waals surface area contributed by atoms with Crippen LogP contribution in [0.25, 0.3) is 28.2 Å². The fourth-order valence-electron chi connectivity index (χ4n) is 6.53. The number of imidazole rings is 1. The summed E-state index contributed by atoms with van der Waals surface area (Å²) in [5, 5.41) is 0. The highest BCUT2D eigenvalue weighted by molar-refractivity contribution is 5.89. The topological polar surface area (TPSA) is 53.3 Å². The van der Waals surface area contributed by atoms with E-state index in [-0.39, 0.29) is 0 Å². The molecule has 0 saturated carbocycles. The van der Waals surface area contributed by atoms with Crippen LogP contribution < -0.4 is 9.80 Å². The molecule has 3 heterocycles. The van der Waals surface area contributed by atoms with Gasteiger partial charge in [0, 0.05) is 55.7 Å². The lowest BCUT2D eigenvalue weighted by Gasteiger charge is -2.41. The number of anilines is 2. The molecule has 1 fully saturated rings. The molecule has 0 spiro atoms. The molecule has 2 aromatic heterocycles. The second kappa shape index (κ2) is 13.2. The Morgan fingerprint density at radius 3 is 2.30 bits per heavy atom. The molecule has 1 atom stereocenters. The first-order valence-electron chi connectivity index (χ1n) is 16.1. The van der Waals surface area contributed by atoms with Crippen LogP contribution in [0.15, 0.2) is 78.9 Å². The summed E-state index contributed by atoms with van der Waals surface area (Å²) in [6.45, 7) is 17.3. The molecule has 0 bridgehead atoms. The van der Waals surface area contributed by atoms with Crippen LogP contribution >= 0.6 is 0 Å². The van der Waals surface area contributed by atoms with E-state index in [1.165, 1.54) is 16.8 Å². The maximum absolute atomic E-state index is 5.21. The highest BCUT2D eigenvalue weighted by Crippen LogP contribution is 2.32. The van der Waals surface area contributed by atoms with Crippen LogP contribution in [-0.2, 0) is 0 Å². The van der Waals surface area contributed by atoms with Crippen LogP contribution in [0.2, 0.25) is 0 Å². The summed E-state index contributed by atoms with van der Waals surface area (Å²) in [7, 11) is 0. The lowest BCUT2D eigenvalue weighted by atomic mass is 10.1. The SMILES string of the molecule is CCN(CCCCN1CCN(c2cccc(C)c2C)CC1C)c1nc(C)nc2c1nc(-c1ccccc1)n2-c1ccccc1. The second-order valence-corrected chi connectivity index (χ2v) is 12.1. The number of nitrogens with zero attached hydrogens (tertiary/aromatic N) is 7. The summed E-state index contributed by atoms with van der Waals surface area (Å²) in [6, 6.07) is 28.0. The van der Waals surface area contributed by atoms with E-state index in [0.717, 1.165) is 92.0 Å². The maximum atomic E-state index is 5.21. The van der Waals surface area contributed by atoms with Crippen molar-refractivity contribution in [2.24, 2.45) is 0 Å². The normalized spacial score (nSPS) is 15.7. The molecule has 3 aromatic carbocycles. The number of aromatic nitrogens is 4. The first-order chi connectivity index (χ1) is 21.4. The number of fused-ring (bicyclic) bond motifs is 1. The molecule has 0 radical (unpaired) electrons. The van der Waals surface area contributed by atoms with Crippen molar-refractivity contribution < 1.29 is 0 Å². The molecule has 44 heavy (non-hydrogen) atoms. The van der Waals surface area contributed by atoms with Gasteiger partial charge >= 0.3 is 0 Å². The Bertz CT molecular complexity index is 1700. The first-order valence-corrected chi connectivity index (χ1v) is 16.1. The van der Waals surface area contributed by atoms with Gasteiger partial charge < -0.3 is 9.80 Å². The maximum Gasteiger partial charge on any atom is 0.170 e. The third kappa shape index (κ3) is 6.06. The predicted molar refractivity (Wildman–Crippen MR) is 183 cm³/mol. The first kappa shape index (κ1) is 29.8. The zero-order chi connectivity index (χ0) is 30.6. The molecule has 7 heteroatoms. The van der Waals surface area contributed by atoms with Crippen LogP contribution in [0.3, 0.4) is 0 Å². The van der Waals surface area contributed by atoms with Crippen molar-refractivity contribution in [3.8, 4) is 17.1 Å². The molecule has 0 aliphatic carbocycles. The van der Waals surface area contributed by atoms with E-state index in [4.69, 9.17) is 15.0 Å². The van der Waals surface area contributed by atoms with Crippen molar-refractivity contribution in [2.75, 3.05) is 49.1 Å². The van der Waals surface area contributed by atoms with Crippen molar-refractivity contribution in [1.29, 1.82) is 0 Å². The van der Waals surface area contributed by atoms with Crippen LogP contribution in [-0.4, -0.2) is 69.7 Å². The van der Waals surface area contributed by atoms with E-state index in [9.17, 15) is 0 Å².